The Morgan fingerprint density at radius 1 is 1.44 bits per heavy atom. The molecule has 1 saturated heterocycles. The minimum atomic E-state index is -4.66. The molecule has 0 aliphatic carbocycles. The van der Waals surface area contributed by atoms with E-state index < -0.39 is 15.5 Å². The van der Waals surface area contributed by atoms with E-state index in [0.717, 1.165) is 9.13 Å². The molecule has 0 radical (unpaired) electrons. The van der Waals surface area contributed by atoms with Gasteiger partial charge in [0.15, 0.2) is 0 Å². The molecular weight excluding hydrogens is 372 g/mol. The maximum Gasteiger partial charge on any atom is 0.307 e. The van der Waals surface area contributed by atoms with Crippen LogP contribution in [0.15, 0.2) is 18.2 Å². The Morgan fingerprint density at radius 2 is 2.11 bits per heavy atom. The number of hydrogen-bond acceptors (Lipinski definition) is 3. The molecule has 1 fully saturated rings. The van der Waals surface area contributed by atoms with Gasteiger partial charge in [0.05, 0.1) is 0 Å². The van der Waals surface area contributed by atoms with Crippen LogP contribution in [0.2, 0.25) is 0 Å². The van der Waals surface area contributed by atoms with Gasteiger partial charge >= 0.3 is 10.2 Å². The van der Waals surface area contributed by atoms with Crippen molar-refractivity contribution in [2.45, 2.75) is 18.6 Å². The van der Waals surface area contributed by atoms with E-state index in [1.807, 2.05) is 19.1 Å². The number of carbonyl (C=O) groups excluding carboxylic acids is 1. The molecule has 1 aliphatic heterocycles. The fourth-order valence-electron chi connectivity index (χ4n) is 2.02. The van der Waals surface area contributed by atoms with Crippen LogP contribution in [0.25, 0.3) is 0 Å². The van der Waals surface area contributed by atoms with Crippen molar-refractivity contribution in [3.63, 3.8) is 0 Å². The van der Waals surface area contributed by atoms with Crippen LogP contribution < -0.4 is 4.90 Å². The molecule has 1 amide bonds. The summed E-state index contributed by atoms with van der Waals surface area (Å²) in [5, 5.41) is -1.25. The summed E-state index contributed by atoms with van der Waals surface area (Å²) in [7, 11) is -4.66. The van der Waals surface area contributed by atoms with Crippen LogP contribution in [0.1, 0.15) is 12.0 Å². The van der Waals surface area contributed by atoms with Crippen LogP contribution in [0, 0.1) is 10.5 Å². The zero-order valence-electron chi connectivity index (χ0n) is 9.56. The lowest BCUT2D eigenvalue weighted by atomic mass is 10.2. The topological polar surface area (TPSA) is 54.5 Å². The first kappa shape index (κ1) is 13.7. The maximum absolute atomic E-state index is 12.9. The van der Waals surface area contributed by atoms with E-state index in [2.05, 4.69) is 22.6 Å². The van der Waals surface area contributed by atoms with Gasteiger partial charge in [0.2, 0.25) is 5.91 Å². The predicted octanol–water partition coefficient (Wildman–Crippen LogP) is 2.00. The molecule has 0 N–H and O–H groups in total. The highest BCUT2D eigenvalue weighted by molar-refractivity contribution is 14.1. The normalized spacial score (nSPS) is 20.5. The number of halogens is 2. The van der Waals surface area contributed by atoms with Crippen molar-refractivity contribution in [1.29, 1.82) is 0 Å². The van der Waals surface area contributed by atoms with E-state index >= 15 is 0 Å². The summed E-state index contributed by atoms with van der Waals surface area (Å²) in [5.74, 6) is -0.356. The van der Waals surface area contributed by atoms with Gasteiger partial charge in [0.25, 0.3) is 0 Å². The number of amides is 1. The van der Waals surface area contributed by atoms with E-state index in [-0.39, 0.29) is 18.9 Å². The highest BCUT2D eigenvalue weighted by Gasteiger charge is 2.39. The van der Waals surface area contributed by atoms with Gasteiger partial charge in [0, 0.05) is 22.2 Å². The zero-order valence-corrected chi connectivity index (χ0v) is 12.5. The van der Waals surface area contributed by atoms with Crippen LogP contribution >= 0.6 is 22.6 Å². The summed E-state index contributed by atoms with van der Waals surface area (Å²) in [5.41, 5.74) is 1.51. The Hall–Kier alpha value is -0.700. The minimum Gasteiger partial charge on any atom is -0.311 e. The third-order valence-corrected chi connectivity index (χ3v) is 4.72. The Kier molecular flexibility index (Phi) is 3.63. The van der Waals surface area contributed by atoms with E-state index in [4.69, 9.17) is 0 Å². The Balaban J connectivity index is 2.33. The summed E-state index contributed by atoms with van der Waals surface area (Å²) in [4.78, 5) is 13.1. The van der Waals surface area contributed by atoms with E-state index in [9.17, 15) is 17.1 Å². The molecule has 0 aromatic heterocycles. The van der Waals surface area contributed by atoms with E-state index in [1.54, 1.807) is 6.07 Å². The smallest absolute Gasteiger partial charge is 0.307 e. The van der Waals surface area contributed by atoms with Gasteiger partial charge in [-0.1, -0.05) is 0 Å². The number of nitrogens with zero attached hydrogens (tertiary/aromatic N) is 1. The lowest BCUT2D eigenvalue weighted by molar-refractivity contribution is -0.117. The molecule has 1 heterocycles. The second kappa shape index (κ2) is 4.76. The molecule has 0 saturated carbocycles. The molecule has 1 atom stereocenters. The number of carbonyl (C=O) groups is 1. The van der Waals surface area contributed by atoms with Crippen LogP contribution in [-0.4, -0.2) is 26.1 Å². The molecule has 0 spiro atoms. The first-order chi connectivity index (χ1) is 8.29. The molecule has 0 bridgehead atoms. The Labute approximate surface area is 119 Å². The predicted molar refractivity (Wildman–Crippen MR) is 74.7 cm³/mol. The van der Waals surface area contributed by atoms with Gasteiger partial charge in [-0.25, -0.2) is 0 Å². The number of hydrogen-bond donors (Lipinski definition) is 0. The van der Waals surface area contributed by atoms with Crippen molar-refractivity contribution >= 4 is 44.4 Å². The molecule has 1 unspecified atom stereocenters. The molecule has 7 heteroatoms. The summed E-state index contributed by atoms with van der Waals surface area (Å²) in [6.07, 6.45) is -0.287. The summed E-state index contributed by atoms with van der Waals surface area (Å²) in [6, 6.07) is 5.47. The van der Waals surface area contributed by atoms with Crippen molar-refractivity contribution in [1.82, 2.24) is 0 Å². The van der Waals surface area contributed by atoms with Crippen molar-refractivity contribution in [3.05, 3.63) is 27.3 Å². The van der Waals surface area contributed by atoms with Gasteiger partial charge < -0.3 is 4.90 Å². The van der Waals surface area contributed by atoms with Crippen LogP contribution in [0.3, 0.4) is 0 Å². The van der Waals surface area contributed by atoms with Crippen molar-refractivity contribution in [2.75, 3.05) is 11.4 Å². The summed E-state index contributed by atoms with van der Waals surface area (Å²) >= 11 is 2.15. The van der Waals surface area contributed by atoms with Gasteiger partial charge in [-0.2, -0.15) is 8.42 Å². The molecule has 4 nitrogen and oxygen atoms in total. The fourth-order valence-corrected chi connectivity index (χ4v) is 3.33. The van der Waals surface area contributed by atoms with E-state index in [1.165, 1.54) is 4.90 Å². The molecule has 2 rings (SSSR count). The SMILES string of the molecule is Cc1cc(I)ccc1N1CC(S(=O)(=O)F)CC1=O. The third-order valence-electron chi connectivity index (χ3n) is 2.94. The molecule has 1 aromatic rings. The highest BCUT2D eigenvalue weighted by atomic mass is 127. The van der Waals surface area contributed by atoms with Gasteiger partial charge in [-0.3, -0.25) is 4.79 Å². The summed E-state index contributed by atoms with van der Waals surface area (Å²) in [6.45, 7) is 1.72. The van der Waals surface area contributed by atoms with Gasteiger partial charge in [0.1, 0.15) is 5.25 Å². The highest BCUT2D eigenvalue weighted by Crippen LogP contribution is 2.29. The number of aryl methyl sites for hydroxylation is 1. The van der Waals surface area contributed by atoms with E-state index in [0.29, 0.717) is 5.69 Å². The second-order valence-electron chi connectivity index (χ2n) is 4.24. The van der Waals surface area contributed by atoms with Crippen molar-refractivity contribution in [3.8, 4) is 0 Å². The Morgan fingerprint density at radius 3 is 2.61 bits per heavy atom. The molecular formula is C11H11FINO3S. The van der Waals surface area contributed by atoms with Crippen molar-refractivity contribution in [2.24, 2.45) is 0 Å². The van der Waals surface area contributed by atoms with Gasteiger partial charge in [-0.05, 0) is 53.3 Å². The fraction of sp³-hybridized carbons (Fsp3) is 0.364. The second-order valence-corrected chi connectivity index (χ2v) is 7.10. The Bertz CT molecular complexity index is 602. The minimum absolute atomic E-state index is 0.112. The monoisotopic (exact) mass is 383 g/mol. The average Bonchev–Trinajstić information content (AvgIpc) is 2.60. The first-order valence-corrected chi connectivity index (χ1v) is 7.81. The van der Waals surface area contributed by atoms with Gasteiger partial charge in [-0.15, -0.1) is 3.89 Å². The third kappa shape index (κ3) is 2.66. The average molecular weight is 383 g/mol. The molecule has 18 heavy (non-hydrogen) atoms. The largest absolute Gasteiger partial charge is 0.311 e. The maximum atomic E-state index is 12.9. The van der Waals surface area contributed by atoms with Crippen LogP contribution in [0.5, 0.6) is 0 Å². The lowest BCUT2D eigenvalue weighted by Crippen LogP contribution is -2.27. The lowest BCUT2D eigenvalue weighted by Gasteiger charge is -2.18. The number of benzene rings is 1. The zero-order chi connectivity index (χ0) is 13.5. The summed E-state index contributed by atoms with van der Waals surface area (Å²) < 4.78 is 35.6. The number of anilines is 1. The first-order valence-electron chi connectivity index (χ1n) is 5.29. The molecule has 1 aromatic carbocycles. The van der Waals surface area contributed by atoms with Crippen LogP contribution in [-0.2, 0) is 15.0 Å². The molecule has 98 valence electrons. The van der Waals surface area contributed by atoms with Crippen LogP contribution in [0.4, 0.5) is 9.57 Å². The molecule has 1 aliphatic rings. The van der Waals surface area contributed by atoms with Crippen molar-refractivity contribution < 1.29 is 17.1 Å². The standard InChI is InChI=1S/C11H11FINO3S/c1-7-4-8(13)2-3-10(7)14-6-9(5-11(14)15)18(12,16)17/h2-4,9H,5-6H2,1H3. The number of rotatable bonds is 2. The quantitative estimate of drug-likeness (QED) is 0.580.